The summed E-state index contributed by atoms with van der Waals surface area (Å²) in [6.45, 7) is 0.981. The number of carbonyl (C=O) groups is 1. The largest absolute Gasteiger partial charge is 0.479 e. The lowest BCUT2D eigenvalue weighted by Crippen LogP contribution is -2.13. The van der Waals surface area contributed by atoms with E-state index in [0.717, 1.165) is 29.9 Å². The maximum absolute atomic E-state index is 12.2. The Labute approximate surface area is 175 Å². The van der Waals surface area contributed by atoms with E-state index in [1.54, 1.807) is 18.2 Å². The molecule has 0 aromatic heterocycles. The molecule has 3 aromatic carbocycles. The molecule has 1 amide bonds. The Kier molecular flexibility index (Phi) is 5.77. The number of hydrogen-bond donors (Lipinski definition) is 1. The fourth-order valence-corrected chi connectivity index (χ4v) is 3.48. The molecule has 0 spiro atoms. The van der Waals surface area contributed by atoms with Gasteiger partial charge in [0.15, 0.2) is 6.61 Å². The fraction of sp³-hybridized carbons (Fsp3) is 0.120. The number of para-hydroxylation sites is 1. The molecule has 1 aliphatic rings. The molecule has 0 aliphatic carbocycles. The molecule has 1 heterocycles. The lowest BCUT2D eigenvalue weighted by atomic mass is 10.2. The van der Waals surface area contributed by atoms with Crippen LogP contribution in [0.1, 0.15) is 11.1 Å². The average molecular weight is 395 g/mol. The van der Waals surface area contributed by atoms with Gasteiger partial charge < -0.3 is 15.0 Å². The van der Waals surface area contributed by atoms with Crippen molar-refractivity contribution >= 4 is 29.0 Å². The fourth-order valence-electron chi connectivity index (χ4n) is 3.48. The maximum atomic E-state index is 12.2. The second-order valence-corrected chi connectivity index (χ2v) is 6.92. The summed E-state index contributed by atoms with van der Waals surface area (Å²) >= 11 is 0. The number of nitriles is 1. The molecule has 0 atom stereocenters. The summed E-state index contributed by atoms with van der Waals surface area (Å²) in [5.41, 5.74) is 5.36. The topological polar surface area (TPSA) is 65.4 Å². The van der Waals surface area contributed by atoms with E-state index in [9.17, 15) is 4.79 Å². The molecule has 1 N–H and O–H groups in total. The Bertz CT molecular complexity index is 1100. The first-order valence-electron chi connectivity index (χ1n) is 9.77. The van der Waals surface area contributed by atoms with E-state index in [0.29, 0.717) is 5.75 Å². The SMILES string of the molecule is N#CCOc1ccc(C=CC(=O)Nc2ccc(N3CCc4ccccc43)cc2)cc1. The maximum Gasteiger partial charge on any atom is 0.248 e. The molecule has 0 saturated heterocycles. The Morgan fingerprint density at radius 3 is 2.60 bits per heavy atom. The first kappa shape index (κ1) is 19.3. The minimum atomic E-state index is -0.195. The number of ether oxygens (including phenoxy) is 1. The quantitative estimate of drug-likeness (QED) is 0.601. The zero-order valence-electron chi connectivity index (χ0n) is 16.4. The Morgan fingerprint density at radius 1 is 1.07 bits per heavy atom. The highest BCUT2D eigenvalue weighted by molar-refractivity contribution is 6.02. The number of amides is 1. The van der Waals surface area contributed by atoms with Crippen molar-refractivity contribution in [1.82, 2.24) is 0 Å². The van der Waals surface area contributed by atoms with Gasteiger partial charge in [-0.3, -0.25) is 4.79 Å². The summed E-state index contributed by atoms with van der Waals surface area (Å²) in [6.07, 6.45) is 4.28. The van der Waals surface area contributed by atoms with Gasteiger partial charge in [-0.2, -0.15) is 5.26 Å². The summed E-state index contributed by atoms with van der Waals surface area (Å²) in [4.78, 5) is 14.5. The predicted molar refractivity (Wildman–Crippen MR) is 119 cm³/mol. The Balaban J connectivity index is 1.35. The van der Waals surface area contributed by atoms with Crippen LogP contribution in [0.2, 0.25) is 0 Å². The van der Waals surface area contributed by atoms with Crippen molar-refractivity contribution in [3.8, 4) is 11.8 Å². The van der Waals surface area contributed by atoms with E-state index in [1.807, 2.05) is 42.5 Å². The molecule has 0 bridgehead atoms. The monoisotopic (exact) mass is 395 g/mol. The van der Waals surface area contributed by atoms with Crippen LogP contribution in [-0.4, -0.2) is 19.1 Å². The van der Waals surface area contributed by atoms with Crippen LogP contribution in [0, 0.1) is 11.3 Å². The number of hydrogen-bond acceptors (Lipinski definition) is 4. The van der Waals surface area contributed by atoms with Crippen molar-refractivity contribution < 1.29 is 9.53 Å². The Morgan fingerprint density at radius 2 is 1.83 bits per heavy atom. The van der Waals surface area contributed by atoms with Crippen LogP contribution in [0.15, 0.2) is 78.9 Å². The van der Waals surface area contributed by atoms with Crippen LogP contribution < -0.4 is 15.0 Å². The van der Waals surface area contributed by atoms with Crippen LogP contribution in [0.4, 0.5) is 17.1 Å². The first-order chi connectivity index (χ1) is 14.7. The summed E-state index contributed by atoms with van der Waals surface area (Å²) < 4.78 is 5.21. The van der Waals surface area contributed by atoms with Crippen molar-refractivity contribution in [3.63, 3.8) is 0 Å². The molecular formula is C25H21N3O2. The smallest absolute Gasteiger partial charge is 0.248 e. The van der Waals surface area contributed by atoms with Gasteiger partial charge in [-0.25, -0.2) is 0 Å². The molecule has 0 unspecified atom stereocenters. The highest BCUT2D eigenvalue weighted by Gasteiger charge is 2.19. The van der Waals surface area contributed by atoms with Crippen molar-refractivity contribution in [1.29, 1.82) is 5.26 Å². The molecule has 4 rings (SSSR count). The molecular weight excluding hydrogens is 374 g/mol. The number of benzene rings is 3. The third kappa shape index (κ3) is 4.50. The van der Waals surface area contributed by atoms with Crippen molar-refractivity contribution in [3.05, 3.63) is 90.0 Å². The van der Waals surface area contributed by atoms with Gasteiger partial charge in [0.1, 0.15) is 11.8 Å². The molecule has 5 nitrogen and oxygen atoms in total. The number of nitrogens with one attached hydrogen (secondary N) is 1. The highest BCUT2D eigenvalue weighted by atomic mass is 16.5. The molecule has 0 fully saturated rings. The van der Waals surface area contributed by atoms with Crippen LogP contribution >= 0.6 is 0 Å². The lowest BCUT2D eigenvalue weighted by molar-refractivity contribution is -0.111. The van der Waals surface area contributed by atoms with E-state index < -0.39 is 0 Å². The van der Waals surface area contributed by atoms with Crippen molar-refractivity contribution in [2.45, 2.75) is 6.42 Å². The zero-order chi connectivity index (χ0) is 20.8. The standard InChI is InChI=1S/C25H21N3O2/c26-16-18-30-23-12-5-19(6-13-23)7-14-25(29)27-21-8-10-22(11-9-21)28-17-15-20-3-1-2-4-24(20)28/h1-14H,15,17-18H2,(H,27,29). The second kappa shape index (κ2) is 8.97. The highest BCUT2D eigenvalue weighted by Crippen LogP contribution is 2.34. The second-order valence-electron chi connectivity index (χ2n) is 6.92. The van der Waals surface area contributed by atoms with Gasteiger partial charge in [-0.15, -0.1) is 0 Å². The van der Waals surface area contributed by atoms with E-state index >= 15 is 0 Å². The number of carbonyl (C=O) groups excluding carboxylic acids is 1. The lowest BCUT2D eigenvalue weighted by Gasteiger charge is -2.19. The first-order valence-corrected chi connectivity index (χ1v) is 9.77. The third-order valence-electron chi connectivity index (χ3n) is 4.94. The van der Waals surface area contributed by atoms with Gasteiger partial charge in [0.25, 0.3) is 0 Å². The normalized spacial score (nSPS) is 12.4. The van der Waals surface area contributed by atoms with Crippen LogP contribution in [0.25, 0.3) is 6.08 Å². The van der Waals surface area contributed by atoms with Gasteiger partial charge in [0.05, 0.1) is 0 Å². The summed E-state index contributed by atoms with van der Waals surface area (Å²) in [7, 11) is 0. The van der Waals surface area contributed by atoms with Crippen LogP contribution in [0.5, 0.6) is 5.75 Å². The number of nitrogens with zero attached hydrogens (tertiary/aromatic N) is 2. The van der Waals surface area contributed by atoms with Gasteiger partial charge in [-0.1, -0.05) is 30.3 Å². The molecule has 0 radical (unpaired) electrons. The molecule has 5 heteroatoms. The zero-order valence-corrected chi connectivity index (χ0v) is 16.4. The molecule has 1 aliphatic heterocycles. The molecule has 3 aromatic rings. The summed E-state index contributed by atoms with van der Waals surface area (Å²) in [5.74, 6) is 0.429. The number of anilines is 3. The van der Waals surface area contributed by atoms with Crippen molar-refractivity contribution in [2.24, 2.45) is 0 Å². The molecule has 148 valence electrons. The van der Waals surface area contributed by atoms with E-state index in [4.69, 9.17) is 10.00 Å². The van der Waals surface area contributed by atoms with Crippen molar-refractivity contribution in [2.75, 3.05) is 23.4 Å². The molecule has 0 saturated carbocycles. The van der Waals surface area contributed by atoms with E-state index in [1.165, 1.54) is 17.3 Å². The van der Waals surface area contributed by atoms with E-state index in [-0.39, 0.29) is 12.5 Å². The van der Waals surface area contributed by atoms with Gasteiger partial charge in [0.2, 0.25) is 5.91 Å². The third-order valence-corrected chi connectivity index (χ3v) is 4.94. The van der Waals surface area contributed by atoms with Gasteiger partial charge in [-0.05, 0) is 66.1 Å². The molecule has 30 heavy (non-hydrogen) atoms. The minimum Gasteiger partial charge on any atom is -0.479 e. The van der Waals surface area contributed by atoms with Gasteiger partial charge in [0, 0.05) is 29.7 Å². The summed E-state index contributed by atoms with van der Waals surface area (Å²) in [5, 5.41) is 11.4. The van der Waals surface area contributed by atoms with E-state index in [2.05, 4.69) is 34.5 Å². The summed E-state index contributed by atoms with van der Waals surface area (Å²) in [6, 6.07) is 25.5. The number of rotatable bonds is 6. The Hall–Kier alpha value is -4.04. The van der Waals surface area contributed by atoms with Crippen LogP contribution in [0.3, 0.4) is 0 Å². The predicted octanol–water partition coefficient (Wildman–Crippen LogP) is 4.94. The van der Waals surface area contributed by atoms with Crippen LogP contribution in [-0.2, 0) is 11.2 Å². The minimum absolute atomic E-state index is 0.0145. The number of fused-ring (bicyclic) bond motifs is 1. The average Bonchev–Trinajstić information content (AvgIpc) is 3.22. The van der Waals surface area contributed by atoms with Gasteiger partial charge >= 0.3 is 0 Å².